The number of hydrogen-bond acceptors (Lipinski definition) is 4. The zero-order valence-corrected chi connectivity index (χ0v) is 18.8. The van der Waals surface area contributed by atoms with Crippen molar-refractivity contribution >= 4 is 11.6 Å². The van der Waals surface area contributed by atoms with Crippen LogP contribution in [-0.2, 0) is 29.4 Å². The molecule has 2 aromatic carbocycles. The number of anilines is 1. The molecule has 3 aliphatic heterocycles. The smallest absolute Gasteiger partial charge is 0.449 e. The van der Waals surface area contributed by atoms with Crippen molar-refractivity contribution in [2.75, 3.05) is 11.5 Å². The summed E-state index contributed by atoms with van der Waals surface area (Å²) in [4.78, 5) is 15.6. The Hall–Kier alpha value is -3.42. The number of alkyl halides is 3. The van der Waals surface area contributed by atoms with Gasteiger partial charge in [0.1, 0.15) is 34.9 Å². The fourth-order valence-electron chi connectivity index (χ4n) is 6.03. The molecule has 1 atom stereocenters. The Bertz CT molecular complexity index is 1370. The second-order valence-corrected chi connectivity index (χ2v) is 9.96. The molecule has 4 heterocycles. The molecular formula is C27H22F3NO4. The van der Waals surface area contributed by atoms with E-state index in [0.29, 0.717) is 11.4 Å². The summed E-state index contributed by atoms with van der Waals surface area (Å²) in [6.45, 7) is 0.0300. The lowest BCUT2D eigenvalue weighted by molar-refractivity contribution is -0.153. The minimum absolute atomic E-state index is 0.0670. The Labute approximate surface area is 199 Å². The highest BCUT2D eigenvalue weighted by Gasteiger charge is 2.57. The summed E-state index contributed by atoms with van der Waals surface area (Å²) in [6.07, 6.45) is 0.574. The SMILES string of the molecule is O=C1N(Cc2ccc(C(F)(F)F)o2)c2ccccc2C12COc1cc3c(cc12)OC1(CCC1)CC3. The lowest BCUT2D eigenvalue weighted by Gasteiger charge is -2.45. The van der Waals surface area contributed by atoms with Crippen molar-refractivity contribution in [1.29, 1.82) is 0 Å². The third kappa shape index (κ3) is 2.85. The molecule has 1 aromatic heterocycles. The van der Waals surface area contributed by atoms with Gasteiger partial charge in [-0.05, 0) is 73.6 Å². The predicted molar refractivity (Wildman–Crippen MR) is 120 cm³/mol. The number of carbonyl (C=O) groups excluding carboxylic acids is 1. The number of carbonyl (C=O) groups is 1. The standard InChI is InChI=1S/C27H22F3NO4/c28-27(29,30)23-7-6-17(34-23)14-31-20-5-2-1-4-18(20)26(24(31)32)15-33-22-12-16-8-11-25(9-3-10-25)35-21(16)13-19(22)26/h1-2,4-7,12-13H,3,8-11,14-15H2. The summed E-state index contributed by atoms with van der Waals surface area (Å²) in [5.74, 6) is 0.225. The molecule has 1 saturated carbocycles. The Balaban J connectivity index is 1.30. The molecule has 0 saturated heterocycles. The van der Waals surface area contributed by atoms with Gasteiger partial charge in [-0.15, -0.1) is 0 Å². The molecule has 0 N–H and O–H groups in total. The van der Waals surface area contributed by atoms with Crippen LogP contribution in [0.3, 0.4) is 0 Å². The van der Waals surface area contributed by atoms with Crippen molar-refractivity contribution in [3.05, 3.63) is 76.7 Å². The molecule has 1 aliphatic carbocycles. The summed E-state index contributed by atoms with van der Waals surface area (Å²) in [6, 6.07) is 13.5. The van der Waals surface area contributed by atoms with Crippen LogP contribution in [-0.4, -0.2) is 18.1 Å². The van der Waals surface area contributed by atoms with E-state index in [1.807, 2.05) is 36.4 Å². The van der Waals surface area contributed by atoms with Gasteiger partial charge in [-0.3, -0.25) is 4.79 Å². The highest BCUT2D eigenvalue weighted by molar-refractivity contribution is 6.11. The maximum Gasteiger partial charge on any atom is 0.449 e. The summed E-state index contributed by atoms with van der Waals surface area (Å²) in [5.41, 5.74) is 2.10. The zero-order valence-electron chi connectivity index (χ0n) is 18.8. The van der Waals surface area contributed by atoms with Crippen molar-refractivity contribution in [1.82, 2.24) is 0 Å². The summed E-state index contributed by atoms with van der Waals surface area (Å²) in [7, 11) is 0. The minimum atomic E-state index is -4.58. The number of amides is 1. The second-order valence-electron chi connectivity index (χ2n) is 9.96. The molecule has 0 bridgehead atoms. The molecule has 2 spiro atoms. The fourth-order valence-corrected chi connectivity index (χ4v) is 6.03. The molecule has 3 aromatic rings. The van der Waals surface area contributed by atoms with Gasteiger partial charge in [-0.1, -0.05) is 18.2 Å². The molecule has 180 valence electrons. The molecule has 8 heteroatoms. The van der Waals surface area contributed by atoms with Crippen molar-refractivity contribution < 1.29 is 31.9 Å². The summed E-state index contributed by atoms with van der Waals surface area (Å²) in [5, 5.41) is 0. The average Bonchev–Trinajstić information content (AvgIpc) is 3.50. The number of rotatable bonds is 2. The number of nitrogens with zero attached hydrogens (tertiary/aromatic N) is 1. The lowest BCUT2D eigenvalue weighted by atomic mass is 9.73. The normalized spacial score (nSPS) is 23.5. The number of halogens is 3. The highest BCUT2D eigenvalue weighted by atomic mass is 19.4. The zero-order chi connectivity index (χ0) is 24.0. The number of benzene rings is 2. The number of para-hydroxylation sites is 1. The van der Waals surface area contributed by atoms with Gasteiger partial charge >= 0.3 is 6.18 Å². The van der Waals surface area contributed by atoms with Crippen LogP contribution < -0.4 is 14.4 Å². The van der Waals surface area contributed by atoms with Crippen LogP contribution in [0.15, 0.2) is 52.9 Å². The maximum atomic E-state index is 14.1. The molecule has 35 heavy (non-hydrogen) atoms. The lowest BCUT2D eigenvalue weighted by Crippen LogP contribution is -2.46. The maximum absolute atomic E-state index is 14.1. The van der Waals surface area contributed by atoms with Gasteiger partial charge in [0.25, 0.3) is 0 Å². The first-order valence-corrected chi connectivity index (χ1v) is 11.9. The first-order valence-electron chi connectivity index (χ1n) is 11.9. The van der Waals surface area contributed by atoms with E-state index < -0.39 is 17.4 Å². The summed E-state index contributed by atoms with van der Waals surface area (Å²) >= 11 is 0. The molecule has 7 rings (SSSR count). The van der Waals surface area contributed by atoms with Crippen LogP contribution in [0.1, 0.15) is 53.9 Å². The van der Waals surface area contributed by atoms with Gasteiger partial charge in [-0.2, -0.15) is 13.2 Å². The highest BCUT2D eigenvalue weighted by Crippen LogP contribution is 2.55. The monoisotopic (exact) mass is 481 g/mol. The predicted octanol–water partition coefficient (Wildman–Crippen LogP) is 5.77. The Kier molecular flexibility index (Phi) is 4.08. The van der Waals surface area contributed by atoms with Crippen molar-refractivity contribution in [2.45, 2.75) is 55.8 Å². The van der Waals surface area contributed by atoms with Crippen molar-refractivity contribution in [2.24, 2.45) is 0 Å². The van der Waals surface area contributed by atoms with E-state index in [4.69, 9.17) is 13.9 Å². The Morgan fingerprint density at radius 3 is 2.54 bits per heavy atom. The van der Waals surface area contributed by atoms with Crippen molar-refractivity contribution in [3.63, 3.8) is 0 Å². The van der Waals surface area contributed by atoms with E-state index in [1.165, 1.54) is 11.0 Å². The van der Waals surface area contributed by atoms with Crippen LogP contribution in [0, 0.1) is 0 Å². The van der Waals surface area contributed by atoms with Crippen LogP contribution in [0.5, 0.6) is 11.5 Å². The van der Waals surface area contributed by atoms with Crippen LogP contribution in [0.25, 0.3) is 0 Å². The Morgan fingerprint density at radius 1 is 0.971 bits per heavy atom. The largest absolute Gasteiger partial charge is 0.491 e. The van der Waals surface area contributed by atoms with Gasteiger partial charge in [0.2, 0.25) is 11.7 Å². The molecule has 4 aliphatic rings. The first kappa shape index (κ1) is 20.9. The number of ether oxygens (including phenoxy) is 2. The number of aryl methyl sites for hydroxylation is 1. The molecule has 1 amide bonds. The van der Waals surface area contributed by atoms with E-state index >= 15 is 0 Å². The van der Waals surface area contributed by atoms with Crippen LogP contribution >= 0.6 is 0 Å². The van der Waals surface area contributed by atoms with E-state index in [-0.39, 0.29) is 30.4 Å². The van der Waals surface area contributed by atoms with E-state index in [0.717, 1.165) is 60.6 Å². The molecule has 5 nitrogen and oxygen atoms in total. The van der Waals surface area contributed by atoms with E-state index in [9.17, 15) is 18.0 Å². The quantitative estimate of drug-likeness (QED) is 0.466. The molecule has 1 fully saturated rings. The molecule has 1 unspecified atom stereocenters. The second kappa shape index (κ2) is 6.83. The van der Waals surface area contributed by atoms with Gasteiger partial charge in [0.15, 0.2) is 0 Å². The summed E-state index contributed by atoms with van der Waals surface area (Å²) < 4.78 is 56.8. The third-order valence-corrected chi connectivity index (χ3v) is 8.03. The Morgan fingerprint density at radius 2 is 1.80 bits per heavy atom. The first-order chi connectivity index (χ1) is 16.8. The van der Waals surface area contributed by atoms with E-state index in [2.05, 4.69) is 0 Å². The topological polar surface area (TPSA) is 51.9 Å². The molecule has 0 radical (unpaired) electrons. The molecular weight excluding hydrogens is 459 g/mol. The van der Waals surface area contributed by atoms with Gasteiger partial charge < -0.3 is 18.8 Å². The number of fused-ring (bicyclic) bond motifs is 5. The number of hydrogen-bond donors (Lipinski definition) is 0. The average molecular weight is 481 g/mol. The van der Waals surface area contributed by atoms with Crippen LogP contribution in [0.4, 0.5) is 18.9 Å². The van der Waals surface area contributed by atoms with E-state index in [1.54, 1.807) is 0 Å². The van der Waals surface area contributed by atoms with Gasteiger partial charge in [0.05, 0.1) is 6.54 Å². The minimum Gasteiger partial charge on any atom is -0.491 e. The van der Waals surface area contributed by atoms with Gasteiger partial charge in [0, 0.05) is 11.3 Å². The third-order valence-electron chi connectivity index (χ3n) is 8.03. The number of furan rings is 1. The van der Waals surface area contributed by atoms with Crippen molar-refractivity contribution in [3.8, 4) is 11.5 Å². The van der Waals surface area contributed by atoms with Crippen LogP contribution in [0.2, 0.25) is 0 Å². The fraction of sp³-hybridized carbons (Fsp3) is 0.370. The van der Waals surface area contributed by atoms with Gasteiger partial charge in [-0.25, -0.2) is 0 Å².